The maximum atomic E-state index is 13.9. The topological polar surface area (TPSA) is 50.9 Å². The Morgan fingerprint density at radius 3 is 2.47 bits per heavy atom. The third-order valence-corrected chi connectivity index (χ3v) is 3.87. The summed E-state index contributed by atoms with van der Waals surface area (Å²) in [6.45, 7) is 0. The summed E-state index contributed by atoms with van der Waals surface area (Å²) in [6.07, 6.45) is 4.69. The maximum absolute atomic E-state index is 13.9. The average molecular weight is 257 g/mol. The van der Waals surface area contributed by atoms with Crippen LogP contribution in [0.5, 0.6) is 0 Å². The number of hydrazine groups is 1. The molecule has 3 N–H and O–H groups in total. The highest BCUT2D eigenvalue weighted by Gasteiger charge is 2.30. The molecule has 0 amide bonds. The van der Waals surface area contributed by atoms with Gasteiger partial charge in [-0.1, -0.05) is 24.3 Å². The molecule has 1 aromatic carbocycles. The highest BCUT2D eigenvalue weighted by molar-refractivity contribution is 5.34. The molecule has 0 bridgehead atoms. The SMILES string of the molecule is NNC(c1ccncc1F)C1Cc2ccccc2C1. The van der Waals surface area contributed by atoms with Crippen LogP contribution < -0.4 is 11.3 Å². The lowest BCUT2D eigenvalue weighted by Gasteiger charge is -2.23. The van der Waals surface area contributed by atoms with Gasteiger partial charge in [-0.05, 0) is 36.0 Å². The molecule has 0 aliphatic heterocycles. The molecule has 2 aromatic rings. The molecule has 0 radical (unpaired) electrons. The van der Waals surface area contributed by atoms with Gasteiger partial charge in [-0.2, -0.15) is 0 Å². The summed E-state index contributed by atoms with van der Waals surface area (Å²) in [5, 5.41) is 0. The zero-order chi connectivity index (χ0) is 13.2. The van der Waals surface area contributed by atoms with Crippen LogP contribution in [-0.2, 0) is 12.8 Å². The molecule has 0 fully saturated rings. The van der Waals surface area contributed by atoms with Gasteiger partial charge < -0.3 is 0 Å². The fraction of sp³-hybridized carbons (Fsp3) is 0.267. The normalized spacial score (nSPS) is 16.3. The zero-order valence-electron chi connectivity index (χ0n) is 10.5. The van der Waals surface area contributed by atoms with Crippen molar-refractivity contribution in [2.45, 2.75) is 18.9 Å². The van der Waals surface area contributed by atoms with Crippen LogP contribution >= 0.6 is 0 Å². The molecule has 4 heteroatoms. The fourth-order valence-electron chi connectivity index (χ4n) is 2.95. The van der Waals surface area contributed by atoms with Crippen molar-refractivity contribution in [2.24, 2.45) is 11.8 Å². The number of hydrogen-bond donors (Lipinski definition) is 2. The van der Waals surface area contributed by atoms with Crippen molar-refractivity contribution in [3.8, 4) is 0 Å². The van der Waals surface area contributed by atoms with Gasteiger partial charge in [0, 0.05) is 11.8 Å². The van der Waals surface area contributed by atoms with Gasteiger partial charge in [0.2, 0.25) is 0 Å². The molecular weight excluding hydrogens is 241 g/mol. The number of nitrogens with zero attached hydrogens (tertiary/aromatic N) is 1. The lowest BCUT2D eigenvalue weighted by molar-refractivity contribution is 0.367. The Labute approximate surface area is 111 Å². The molecule has 0 saturated heterocycles. The number of fused-ring (bicyclic) bond motifs is 1. The van der Waals surface area contributed by atoms with Gasteiger partial charge in [-0.3, -0.25) is 16.3 Å². The van der Waals surface area contributed by atoms with Crippen LogP contribution in [0.1, 0.15) is 22.7 Å². The molecule has 0 spiro atoms. The van der Waals surface area contributed by atoms with Crippen LogP contribution in [0.4, 0.5) is 4.39 Å². The van der Waals surface area contributed by atoms with E-state index in [4.69, 9.17) is 5.84 Å². The van der Waals surface area contributed by atoms with E-state index in [1.165, 1.54) is 17.3 Å². The molecule has 3 nitrogen and oxygen atoms in total. The van der Waals surface area contributed by atoms with Crippen LogP contribution in [0.3, 0.4) is 0 Å². The van der Waals surface area contributed by atoms with E-state index in [0.717, 1.165) is 12.8 Å². The van der Waals surface area contributed by atoms with Crippen molar-refractivity contribution < 1.29 is 4.39 Å². The molecule has 1 unspecified atom stereocenters. The van der Waals surface area contributed by atoms with E-state index >= 15 is 0 Å². The number of pyridine rings is 1. The van der Waals surface area contributed by atoms with Gasteiger partial charge in [-0.25, -0.2) is 4.39 Å². The number of aromatic nitrogens is 1. The van der Waals surface area contributed by atoms with E-state index in [1.54, 1.807) is 12.3 Å². The highest BCUT2D eigenvalue weighted by atomic mass is 19.1. The van der Waals surface area contributed by atoms with Crippen LogP contribution in [0.2, 0.25) is 0 Å². The van der Waals surface area contributed by atoms with E-state index in [-0.39, 0.29) is 17.8 Å². The molecule has 19 heavy (non-hydrogen) atoms. The maximum Gasteiger partial charge on any atom is 0.146 e. The van der Waals surface area contributed by atoms with Crippen molar-refractivity contribution in [1.29, 1.82) is 0 Å². The van der Waals surface area contributed by atoms with Gasteiger partial charge in [-0.15, -0.1) is 0 Å². The Kier molecular flexibility index (Phi) is 3.27. The van der Waals surface area contributed by atoms with Crippen LogP contribution in [0.15, 0.2) is 42.7 Å². The van der Waals surface area contributed by atoms with E-state index in [1.807, 2.05) is 12.1 Å². The lowest BCUT2D eigenvalue weighted by Crippen LogP contribution is -2.34. The second-order valence-corrected chi connectivity index (χ2v) is 4.98. The summed E-state index contributed by atoms with van der Waals surface area (Å²) >= 11 is 0. The first-order valence-electron chi connectivity index (χ1n) is 6.42. The van der Waals surface area contributed by atoms with Crippen molar-refractivity contribution in [3.05, 3.63) is 65.2 Å². The smallest absolute Gasteiger partial charge is 0.146 e. The predicted molar refractivity (Wildman–Crippen MR) is 71.6 cm³/mol. The Balaban J connectivity index is 1.88. The van der Waals surface area contributed by atoms with Crippen molar-refractivity contribution >= 4 is 0 Å². The zero-order valence-corrected chi connectivity index (χ0v) is 10.5. The van der Waals surface area contributed by atoms with Crippen molar-refractivity contribution in [1.82, 2.24) is 10.4 Å². The fourth-order valence-corrected chi connectivity index (χ4v) is 2.95. The summed E-state index contributed by atoms with van der Waals surface area (Å²) in [4.78, 5) is 3.78. The molecule has 0 saturated carbocycles. The standard InChI is InChI=1S/C15H16FN3/c16-14-9-18-6-5-13(14)15(19-17)12-7-10-3-1-2-4-11(10)8-12/h1-6,9,12,15,19H,7-8,17H2. The van der Waals surface area contributed by atoms with E-state index < -0.39 is 0 Å². The quantitative estimate of drug-likeness (QED) is 0.654. The van der Waals surface area contributed by atoms with Crippen molar-refractivity contribution in [3.63, 3.8) is 0 Å². The molecule has 1 aromatic heterocycles. The molecular formula is C15H16FN3. The first kappa shape index (κ1) is 12.3. The summed E-state index contributed by atoms with van der Waals surface area (Å²) in [5.74, 6) is 5.62. The van der Waals surface area contributed by atoms with Gasteiger partial charge >= 0.3 is 0 Å². The van der Waals surface area contributed by atoms with Gasteiger partial charge in [0.15, 0.2) is 0 Å². The average Bonchev–Trinajstić information content (AvgIpc) is 2.85. The number of hydrogen-bond acceptors (Lipinski definition) is 3. The number of nitrogens with two attached hydrogens (primary N) is 1. The molecule has 98 valence electrons. The third-order valence-electron chi connectivity index (χ3n) is 3.87. The van der Waals surface area contributed by atoms with Gasteiger partial charge in [0.05, 0.1) is 12.2 Å². The number of halogens is 1. The van der Waals surface area contributed by atoms with E-state index in [2.05, 4.69) is 22.5 Å². The third kappa shape index (κ3) is 2.25. The minimum absolute atomic E-state index is 0.185. The molecule has 3 rings (SSSR count). The number of nitrogens with one attached hydrogen (secondary N) is 1. The van der Waals surface area contributed by atoms with Gasteiger partial charge in [0.1, 0.15) is 5.82 Å². The monoisotopic (exact) mass is 257 g/mol. The predicted octanol–water partition coefficient (Wildman–Crippen LogP) is 2.14. The van der Waals surface area contributed by atoms with Gasteiger partial charge in [0.25, 0.3) is 0 Å². The first-order valence-corrected chi connectivity index (χ1v) is 6.42. The molecule has 1 atom stereocenters. The molecule has 1 aliphatic carbocycles. The van der Waals surface area contributed by atoms with Crippen molar-refractivity contribution in [2.75, 3.05) is 0 Å². The first-order chi connectivity index (χ1) is 9.29. The molecule has 1 aliphatic rings. The van der Waals surface area contributed by atoms with Crippen LogP contribution in [0, 0.1) is 11.7 Å². The number of rotatable bonds is 3. The Hall–Kier alpha value is -1.78. The second-order valence-electron chi connectivity index (χ2n) is 4.98. The number of benzene rings is 1. The second kappa shape index (κ2) is 5.07. The molecule has 1 heterocycles. The summed E-state index contributed by atoms with van der Waals surface area (Å²) in [6, 6.07) is 9.86. The summed E-state index contributed by atoms with van der Waals surface area (Å²) in [7, 11) is 0. The Morgan fingerprint density at radius 2 is 1.89 bits per heavy atom. The minimum atomic E-state index is -0.304. The minimum Gasteiger partial charge on any atom is -0.271 e. The summed E-state index contributed by atoms with van der Waals surface area (Å²) in [5.41, 5.74) is 6.03. The Bertz CT molecular complexity index is 560. The van der Waals surface area contributed by atoms with E-state index in [0.29, 0.717) is 5.56 Å². The Morgan fingerprint density at radius 1 is 1.21 bits per heavy atom. The lowest BCUT2D eigenvalue weighted by atomic mass is 9.91. The van der Waals surface area contributed by atoms with E-state index in [9.17, 15) is 4.39 Å². The highest BCUT2D eigenvalue weighted by Crippen LogP contribution is 2.35. The largest absolute Gasteiger partial charge is 0.271 e. The van der Waals surface area contributed by atoms with Crippen LogP contribution in [0.25, 0.3) is 0 Å². The van der Waals surface area contributed by atoms with Crippen LogP contribution in [-0.4, -0.2) is 4.98 Å². The summed E-state index contributed by atoms with van der Waals surface area (Å²) < 4.78 is 13.9.